The van der Waals surface area contributed by atoms with Gasteiger partial charge in [0.1, 0.15) is 12.4 Å². The van der Waals surface area contributed by atoms with E-state index in [4.69, 9.17) is 9.47 Å². The largest absolute Gasteiger partial charge is 0.493 e. The Morgan fingerprint density at radius 3 is 2.48 bits per heavy atom. The van der Waals surface area contributed by atoms with Crippen LogP contribution in [-0.4, -0.2) is 61.9 Å². The van der Waals surface area contributed by atoms with Crippen molar-refractivity contribution >= 4 is 17.6 Å². The molecule has 1 atom stereocenters. The van der Waals surface area contributed by atoms with Gasteiger partial charge < -0.3 is 19.7 Å². The van der Waals surface area contributed by atoms with Crippen molar-refractivity contribution in [1.82, 2.24) is 15.2 Å². The summed E-state index contributed by atoms with van der Waals surface area (Å²) >= 11 is 0. The van der Waals surface area contributed by atoms with Gasteiger partial charge in [-0.2, -0.15) is 5.10 Å². The van der Waals surface area contributed by atoms with Gasteiger partial charge in [-0.05, 0) is 41.8 Å². The first kappa shape index (κ1) is 24.0. The van der Waals surface area contributed by atoms with E-state index in [1.54, 1.807) is 39.5 Å². The van der Waals surface area contributed by atoms with Gasteiger partial charge in [-0.3, -0.25) is 4.79 Å². The number of hydrogen-bond acceptors (Lipinski definition) is 5. The molecule has 2 aromatic rings. The Balaban J connectivity index is 1.90. The number of rotatable bonds is 8. The number of amides is 3. The summed E-state index contributed by atoms with van der Waals surface area (Å²) in [7, 11) is 4.66. The summed E-state index contributed by atoms with van der Waals surface area (Å²) in [4.78, 5) is 26.8. The lowest BCUT2D eigenvalue weighted by molar-refractivity contribution is -0.133. The standard InChI is InChI=1S/C24H29FN4O4/c1-5-12-26-24(31)28(2)15-23(30)29-20(17-8-11-21(32-3)22(13-17)33-4)14-19(27-29)16-6-9-18(25)10-7-16/h6-11,13,20H,5,12,14-15H2,1-4H3,(H,26,31). The number of nitrogens with one attached hydrogen (secondary N) is 1. The Bertz CT molecular complexity index is 1030. The summed E-state index contributed by atoms with van der Waals surface area (Å²) in [6.45, 7) is 2.34. The molecule has 1 N–H and O–H groups in total. The highest BCUT2D eigenvalue weighted by molar-refractivity contribution is 6.03. The van der Waals surface area contributed by atoms with Crippen LogP contribution < -0.4 is 14.8 Å². The van der Waals surface area contributed by atoms with Gasteiger partial charge in [0.25, 0.3) is 5.91 Å². The van der Waals surface area contributed by atoms with Crippen LogP contribution >= 0.6 is 0 Å². The maximum absolute atomic E-state index is 13.4. The second kappa shape index (κ2) is 10.8. The quantitative estimate of drug-likeness (QED) is 0.658. The zero-order valence-corrected chi connectivity index (χ0v) is 19.3. The fourth-order valence-corrected chi connectivity index (χ4v) is 3.59. The minimum absolute atomic E-state index is 0.139. The van der Waals surface area contributed by atoms with E-state index in [9.17, 15) is 14.0 Å². The summed E-state index contributed by atoms with van der Waals surface area (Å²) < 4.78 is 24.2. The Morgan fingerprint density at radius 1 is 1.15 bits per heavy atom. The third kappa shape index (κ3) is 5.60. The van der Waals surface area contributed by atoms with E-state index in [-0.39, 0.29) is 24.3 Å². The topological polar surface area (TPSA) is 83.5 Å². The summed E-state index contributed by atoms with van der Waals surface area (Å²) in [5.41, 5.74) is 2.19. The number of nitrogens with zero attached hydrogens (tertiary/aromatic N) is 3. The third-order valence-corrected chi connectivity index (χ3v) is 5.38. The first-order chi connectivity index (χ1) is 15.9. The van der Waals surface area contributed by atoms with Crippen molar-refractivity contribution < 1.29 is 23.5 Å². The fraction of sp³-hybridized carbons (Fsp3) is 0.375. The number of carbonyl (C=O) groups is 2. The van der Waals surface area contributed by atoms with Crippen LogP contribution in [0.2, 0.25) is 0 Å². The zero-order valence-electron chi connectivity index (χ0n) is 19.3. The van der Waals surface area contributed by atoms with Crippen LogP contribution in [0.5, 0.6) is 11.5 Å². The van der Waals surface area contributed by atoms with Gasteiger partial charge in [-0.15, -0.1) is 0 Å². The molecule has 8 nitrogen and oxygen atoms in total. The SMILES string of the molecule is CCCNC(=O)N(C)CC(=O)N1N=C(c2ccc(F)cc2)CC1c1ccc(OC)c(OC)c1. The Labute approximate surface area is 193 Å². The number of benzene rings is 2. The lowest BCUT2D eigenvalue weighted by Crippen LogP contribution is -2.43. The van der Waals surface area contributed by atoms with Crippen molar-refractivity contribution in [3.63, 3.8) is 0 Å². The molecule has 3 rings (SSSR count). The summed E-state index contributed by atoms with van der Waals surface area (Å²) in [5.74, 6) is 0.431. The number of urea groups is 1. The second-order valence-corrected chi connectivity index (χ2v) is 7.71. The third-order valence-electron chi connectivity index (χ3n) is 5.38. The monoisotopic (exact) mass is 456 g/mol. The van der Waals surface area contributed by atoms with E-state index in [2.05, 4.69) is 10.4 Å². The minimum Gasteiger partial charge on any atom is -0.493 e. The van der Waals surface area contributed by atoms with Crippen LogP contribution in [0.15, 0.2) is 47.6 Å². The van der Waals surface area contributed by atoms with E-state index in [1.165, 1.54) is 22.0 Å². The Kier molecular flexibility index (Phi) is 7.87. The summed E-state index contributed by atoms with van der Waals surface area (Å²) in [5, 5.41) is 8.71. The fourth-order valence-electron chi connectivity index (χ4n) is 3.59. The van der Waals surface area contributed by atoms with Gasteiger partial charge in [0.15, 0.2) is 11.5 Å². The molecule has 2 aromatic carbocycles. The average molecular weight is 457 g/mol. The number of hydrogen-bond donors (Lipinski definition) is 1. The predicted octanol–water partition coefficient (Wildman–Crippen LogP) is 3.57. The molecule has 9 heteroatoms. The van der Waals surface area contributed by atoms with Crippen molar-refractivity contribution in [3.8, 4) is 11.5 Å². The van der Waals surface area contributed by atoms with Crippen LogP contribution in [0.25, 0.3) is 0 Å². The molecule has 0 saturated heterocycles. The van der Waals surface area contributed by atoms with Crippen molar-refractivity contribution in [2.24, 2.45) is 5.10 Å². The molecular weight excluding hydrogens is 427 g/mol. The van der Waals surface area contributed by atoms with E-state index >= 15 is 0 Å². The lowest BCUT2D eigenvalue weighted by Gasteiger charge is -2.25. The average Bonchev–Trinajstić information content (AvgIpc) is 3.28. The highest BCUT2D eigenvalue weighted by Gasteiger charge is 2.34. The van der Waals surface area contributed by atoms with E-state index in [0.717, 1.165) is 17.5 Å². The smallest absolute Gasteiger partial charge is 0.317 e. The molecule has 0 fully saturated rings. The van der Waals surface area contributed by atoms with Gasteiger partial charge in [-0.25, -0.2) is 14.2 Å². The van der Waals surface area contributed by atoms with Gasteiger partial charge in [0, 0.05) is 20.0 Å². The number of halogens is 1. The van der Waals surface area contributed by atoms with Crippen LogP contribution in [-0.2, 0) is 4.79 Å². The number of likely N-dealkylation sites (N-methyl/N-ethyl adjacent to an activating group) is 1. The molecular formula is C24H29FN4O4. The molecule has 1 unspecified atom stereocenters. The second-order valence-electron chi connectivity index (χ2n) is 7.71. The predicted molar refractivity (Wildman–Crippen MR) is 123 cm³/mol. The van der Waals surface area contributed by atoms with E-state index < -0.39 is 6.04 Å². The summed E-state index contributed by atoms with van der Waals surface area (Å²) in [6.07, 6.45) is 1.23. The zero-order chi connectivity index (χ0) is 24.0. The normalized spacial score (nSPS) is 15.1. The van der Waals surface area contributed by atoms with Gasteiger partial charge in [0.2, 0.25) is 0 Å². The number of hydrazone groups is 1. The molecule has 1 aliphatic heterocycles. The molecule has 0 aromatic heterocycles. The van der Waals surface area contributed by atoms with E-state index in [0.29, 0.717) is 30.2 Å². The molecule has 1 aliphatic rings. The van der Waals surface area contributed by atoms with Gasteiger partial charge in [-0.1, -0.05) is 25.1 Å². The highest BCUT2D eigenvalue weighted by Crippen LogP contribution is 2.37. The minimum atomic E-state index is -0.413. The molecule has 3 amide bonds. The molecule has 0 radical (unpaired) electrons. The molecule has 1 heterocycles. The van der Waals surface area contributed by atoms with Crippen LogP contribution in [0, 0.1) is 5.82 Å². The van der Waals surface area contributed by atoms with E-state index in [1.807, 2.05) is 19.1 Å². The first-order valence-corrected chi connectivity index (χ1v) is 10.7. The molecule has 0 aliphatic carbocycles. The number of carbonyl (C=O) groups excluding carboxylic acids is 2. The summed E-state index contributed by atoms with van der Waals surface area (Å²) in [6, 6.07) is 10.7. The molecule has 0 spiro atoms. The van der Waals surface area contributed by atoms with Crippen molar-refractivity contribution in [3.05, 3.63) is 59.4 Å². The van der Waals surface area contributed by atoms with Crippen LogP contribution in [0.1, 0.15) is 36.9 Å². The highest BCUT2D eigenvalue weighted by atomic mass is 19.1. The Morgan fingerprint density at radius 2 is 1.85 bits per heavy atom. The van der Waals surface area contributed by atoms with Crippen LogP contribution in [0.3, 0.4) is 0 Å². The molecule has 176 valence electrons. The number of methoxy groups -OCH3 is 2. The van der Waals surface area contributed by atoms with Gasteiger partial charge >= 0.3 is 6.03 Å². The van der Waals surface area contributed by atoms with Crippen molar-refractivity contribution in [2.75, 3.05) is 34.4 Å². The Hall–Kier alpha value is -3.62. The lowest BCUT2D eigenvalue weighted by atomic mass is 9.98. The van der Waals surface area contributed by atoms with Crippen molar-refractivity contribution in [1.29, 1.82) is 0 Å². The number of ether oxygens (including phenoxy) is 2. The molecule has 0 bridgehead atoms. The van der Waals surface area contributed by atoms with Crippen LogP contribution in [0.4, 0.5) is 9.18 Å². The first-order valence-electron chi connectivity index (χ1n) is 10.7. The van der Waals surface area contributed by atoms with Crippen molar-refractivity contribution in [2.45, 2.75) is 25.8 Å². The maximum Gasteiger partial charge on any atom is 0.317 e. The molecule has 0 saturated carbocycles. The molecule has 33 heavy (non-hydrogen) atoms. The van der Waals surface area contributed by atoms with Gasteiger partial charge in [0.05, 0.1) is 26.0 Å². The maximum atomic E-state index is 13.4.